The molecular weight excluding hydrogens is 696 g/mol. The number of carbonyl (C=O) groups is 5. The van der Waals surface area contributed by atoms with Crippen molar-refractivity contribution in [2.75, 3.05) is 19.6 Å². The third-order valence-electron chi connectivity index (χ3n) is 11.5. The van der Waals surface area contributed by atoms with Crippen LogP contribution in [0.3, 0.4) is 0 Å². The van der Waals surface area contributed by atoms with E-state index in [9.17, 15) is 34.2 Å². The average Bonchev–Trinajstić information content (AvgIpc) is 3.60. The van der Waals surface area contributed by atoms with Gasteiger partial charge in [0.25, 0.3) is 0 Å². The van der Waals surface area contributed by atoms with E-state index in [-0.39, 0.29) is 62.5 Å². The lowest BCUT2D eigenvalue weighted by atomic mass is 9.49. The number of amides is 4. The number of phenolic OH excluding ortho intramolecular Hbond substituents is 1. The monoisotopic (exact) mass is 752 g/mol. The molecule has 17 heteroatoms. The van der Waals surface area contributed by atoms with Crippen molar-refractivity contribution in [3.8, 4) is 5.75 Å². The van der Waals surface area contributed by atoms with Gasteiger partial charge in [-0.15, -0.1) is 0 Å². The van der Waals surface area contributed by atoms with Crippen molar-refractivity contribution in [2.45, 2.75) is 108 Å². The summed E-state index contributed by atoms with van der Waals surface area (Å²) in [6.07, 6.45) is 7.73. The van der Waals surface area contributed by atoms with Gasteiger partial charge < -0.3 is 54.0 Å². The lowest BCUT2D eigenvalue weighted by Gasteiger charge is -2.55. The molecule has 1 aliphatic heterocycles. The van der Waals surface area contributed by atoms with Crippen molar-refractivity contribution in [1.29, 1.82) is 0 Å². The Hall–Kier alpha value is -5.09. The number of carboxylic acids is 1. The maximum absolute atomic E-state index is 14.2. The molecule has 1 heterocycles. The number of carboxylic acid groups (broad SMARTS) is 1. The highest BCUT2D eigenvalue weighted by Crippen LogP contribution is 2.60. The van der Waals surface area contributed by atoms with E-state index in [1.165, 1.54) is 17.0 Å². The number of nitrogens with one attached hydrogen (secondary N) is 3. The number of nitrogens with zero attached hydrogens (tertiary/aromatic N) is 3. The smallest absolute Gasteiger partial charge is 0.326 e. The zero-order valence-electron chi connectivity index (χ0n) is 30.8. The van der Waals surface area contributed by atoms with Gasteiger partial charge in [0, 0.05) is 31.5 Å². The highest BCUT2D eigenvalue weighted by Gasteiger charge is 2.55. The number of hydrogen-bond acceptors (Lipinski definition) is 8. The van der Waals surface area contributed by atoms with Crippen LogP contribution in [0.4, 0.5) is 0 Å². The molecule has 0 aromatic heterocycles. The highest BCUT2D eigenvalue weighted by atomic mass is 16.4. The van der Waals surface area contributed by atoms with Crippen molar-refractivity contribution in [1.82, 2.24) is 20.9 Å². The van der Waals surface area contributed by atoms with Crippen molar-refractivity contribution >= 4 is 41.5 Å². The van der Waals surface area contributed by atoms with Gasteiger partial charge in [-0.3, -0.25) is 29.2 Å². The molecule has 4 aliphatic carbocycles. The van der Waals surface area contributed by atoms with Crippen molar-refractivity contribution in [2.24, 2.45) is 56.1 Å². The first-order valence-electron chi connectivity index (χ1n) is 19.1. The first-order chi connectivity index (χ1) is 25.7. The number of aliphatic imine (C=N–C) groups is 2. The molecule has 5 aliphatic rings. The molecule has 296 valence electrons. The molecule has 1 aromatic carbocycles. The van der Waals surface area contributed by atoms with Gasteiger partial charge in [0.2, 0.25) is 23.6 Å². The maximum Gasteiger partial charge on any atom is 0.326 e. The first kappa shape index (κ1) is 40.1. The van der Waals surface area contributed by atoms with Crippen LogP contribution < -0.4 is 38.9 Å². The summed E-state index contributed by atoms with van der Waals surface area (Å²) in [6.45, 7) is 0.653. The number of phenols is 1. The fourth-order valence-corrected chi connectivity index (χ4v) is 9.34. The van der Waals surface area contributed by atoms with Crippen LogP contribution in [0, 0.1) is 23.2 Å². The van der Waals surface area contributed by atoms with Crippen molar-refractivity contribution in [3.05, 3.63) is 29.8 Å². The molecule has 4 amide bonds. The Morgan fingerprint density at radius 2 is 1.35 bits per heavy atom. The van der Waals surface area contributed by atoms with E-state index >= 15 is 0 Å². The molecule has 0 spiro atoms. The molecule has 0 unspecified atom stereocenters. The topological polar surface area (TPSA) is 294 Å². The summed E-state index contributed by atoms with van der Waals surface area (Å²) >= 11 is 0. The van der Waals surface area contributed by atoms with Gasteiger partial charge in [-0.1, -0.05) is 12.1 Å². The van der Waals surface area contributed by atoms with Crippen molar-refractivity contribution in [3.63, 3.8) is 0 Å². The normalized spacial score (nSPS) is 25.5. The largest absolute Gasteiger partial charge is 0.508 e. The Morgan fingerprint density at radius 1 is 0.796 bits per heavy atom. The Kier molecular flexibility index (Phi) is 13.2. The summed E-state index contributed by atoms with van der Waals surface area (Å²) in [5.41, 5.74) is 22.1. The Labute approximate surface area is 315 Å². The number of likely N-dealkylation sites (tertiary alicyclic amines) is 1. The van der Waals surface area contributed by atoms with Crippen LogP contribution in [0.1, 0.15) is 82.6 Å². The summed E-state index contributed by atoms with van der Waals surface area (Å²) in [6, 6.07) is 1.67. The second-order valence-corrected chi connectivity index (χ2v) is 15.6. The first-order valence-corrected chi connectivity index (χ1v) is 19.1. The van der Waals surface area contributed by atoms with E-state index in [1.54, 1.807) is 12.1 Å². The van der Waals surface area contributed by atoms with Crippen LogP contribution in [0.15, 0.2) is 34.3 Å². The molecule has 6 rings (SSSR count). The SMILES string of the molecule is NC(N)=NCCC[C@H](NC(=O)C12CC3CC(CC(C3)C1)C2)C(=O)N[C@@H](CCCN=C(N)N)C(=O)N1CCC[C@H]1C(=O)N[C@@H](Cc1ccc(O)cc1)C(=O)O. The highest BCUT2D eigenvalue weighted by molar-refractivity contribution is 5.96. The Morgan fingerprint density at radius 3 is 1.89 bits per heavy atom. The molecule has 5 fully saturated rings. The van der Waals surface area contributed by atoms with Crippen LogP contribution in [0.25, 0.3) is 0 Å². The van der Waals surface area contributed by atoms with E-state index in [0.717, 1.165) is 38.5 Å². The summed E-state index contributed by atoms with van der Waals surface area (Å²) in [5.74, 6) is -1.68. The number of benzene rings is 1. The summed E-state index contributed by atoms with van der Waals surface area (Å²) < 4.78 is 0. The Bertz CT molecular complexity index is 1560. The fraction of sp³-hybridized carbons (Fsp3) is 0.649. The van der Waals surface area contributed by atoms with Gasteiger partial charge in [0.1, 0.15) is 29.9 Å². The van der Waals surface area contributed by atoms with Gasteiger partial charge in [0.05, 0.1) is 0 Å². The molecule has 17 nitrogen and oxygen atoms in total. The lowest BCUT2D eigenvalue weighted by molar-refractivity contribution is -0.149. The van der Waals surface area contributed by atoms with Gasteiger partial charge >= 0.3 is 5.97 Å². The number of carbonyl (C=O) groups excluding carboxylic acids is 4. The zero-order valence-corrected chi connectivity index (χ0v) is 30.8. The molecular formula is C37H56N10O7. The second kappa shape index (κ2) is 17.8. The average molecular weight is 753 g/mol. The zero-order chi connectivity index (χ0) is 39.0. The lowest BCUT2D eigenvalue weighted by Crippen LogP contribution is -2.60. The van der Waals surface area contributed by atoms with Gasteiger partial charge in [0.15, 0.2) is 11.9 Å². The molecule has 1 aromatic rings. The van der Waals surface area contributed by atoms with Crippen molar-refractivity contribution < 1.29 is 34.2 Å². The Balaban J connectivity index is 1.30. The molecule has 4 atom stereocenters. The molecule has 1 saturated heterocycles. The third-order valence-corrected chi connectivity index (χ3v) is 11.5. The predicted octanol–water partition coefficient (Wildman–Crippen LogP) is -0.212. The van der Waals surface area contributed by atoms with Gasteiger partial charge in [-0.05, 0) is 112 Å². The molecule has 4 saturated carbocycles. The quantitative estimate of drug-likeness (QED) is 0.0537. The van der Waals surface area contributed by atoms with Gasteiger partial charge in [-0.25, -0.2) is 4.79 Å². The number of rotatable bonds is 18. The molecule has 13 N–H and O–H groups in total. The summed E-state index contributed by atoms with van der Waals surface area (Å²) in [7, 11) is 0. The van der Waals surface area contributed by atoms with Crippen LogP contribution >= 0.6 is 0 Å². The molecule has 4 bridgehead atoms. The fourth-order valence-electron chi connectivity index (χ4n) is 9.34. The van der Waals surface area contributed by atoms with Crippen LogP contribution in [0.2, 0.25) is 0 Å². The number of hydrogen-bond donors (Lipinski definition) is 9. The predicted molar refractivity (Wildman–Crippen MR) is 200 cm³/mol. The van der Waals surface area contributed by atoms with E-state index in [4.69, 9.17) is 22.9 Å². The molecule has 54 heavy (non-hydrogen) atoms. The minimum absolute atomic E-state index is 0.0250. The van der Waals surface area contributed by atoms with E-state index in [2.05, 4.69) is 25.9 Å². The van der Waals surface area contributed by atoms with E-state index < -0.39 is 53.3 Å². The standard InChI is InChI=1S/C37H56N10O7/c38-35(39)42-11-1-4-26(46-34(54)37-18-22-14-23(19-37)16-24(15-22)20-37)30(49)44-27(5-2-12-43-36(40)41)32(51)47-13-3-6-29(47)31(50)45-28(33(52)53)17-21-7-9-25(48)10-8-21/h7-10,22-24,26-29,48H,1-6,11-20H2,(H,44,49)(H,45,50)(H,46,54)(H,52,53)(H4,38,39,42)(H4,40,41,43)/t22?,23?,24?,26-,27-,28-,29-,37?/m0/s1. The third kappa shape index (κ3) is 10.3. The minimum atomic E-state index is -1.29. The minimum Gasteiger partial charge on any atom is -0.508 e. The van der Waals surface area contributed by atoms with E-state index in [0.29, 0.717) is 49.0 Å². The summed E-state index contributed by atoms with van der Waals surface area (Å²) in [5, 5.41) is 28.0. The second-order valence-electron chi connectivity index (χ2n) is 15.6. The van der Waals surface area contributed by atoms with Crippen LogP contribution in [0.5, 0.6) is 5.75 Å². The maximum atomic E-state index is 14.2. The van der Waals surface area contributed by atoms with Gasteiger partial charge in [-0.2, -0.15) is 0 Å². The summed E-state index contributed by atoms with van der Waals surface area (Å²) in [4.78, 5) is 77.6. The van der Waals surface area contributed by atoms with Crippen LogP contribution in [-0.2, 0) is 30.4 Å². The van der Waals surface area contributed by atoms with E-state index in [1.807, 2.05) is 0 Å². The number of guanidine groups is 2. The van der Waals surface area contributed by atoms with Crippen LogP contribution in [-0.4, -0.2) is 100 Å². The number of aliphatic carboxylic acids is 1. The molecule has 0 radical (unpaired) electrons. The number of aromatic hydroxyl groups is 1. The number of nitrogens with two attached hydrogens (primary N) is 4.